The van der Waals surface area contributed by atoms with E-state index in [1.807, 2.05) is 36.5 Å². The topological polar surface area (TPSA) is 28.7 Å². The first-order chi connectivity index (χ1) is 11.7. The number of aromatic nitrogens is 2. The van der Waals surface area contributed by atoms with Crippen molar-refractivity contribution in [2.24, 2.45) is 0 Å². The van der Waals surface area contributed by atoms with Crippen molar-refractivity contribution in [3.63, 3.8) is 0 Å². The summed E-state index contributed by atoms with van der Waals surface area (Å²) in [7, 11) is 0. The Kier molecular flexibility index (Phi) is 4.52. The van der Waals surface area contributed by atoms with Gasteiger partial charge < -0.3 is 4.98 Å². The van der Waals surface area contributed by atoms with E-state index in [0.29, 0.717) is 0 Å². The van der Waals surface area contributed by atoms with Crippen molar-refractivity contribution >= 4 is 21.8 Å². The lowest BCUT2D eigenvalue weighted by molar-refractivity contribution is 0.629. The molecule has 0 fully saturated rings. The van der Waals surface area contributed by atoms with Gasteiger partial charge in [-0.1, -0.05) is 49.6 Å². The van der Waals surface area contributed by atoms with Crippen LogP contribution in [0.1, 0.15) is 0 Å². The number of halogens is 1. The van der Waals surface area contributed by atoms with Crippen LogP contribution < -0.4 is 0 Å². The summed E-state index contributed by atoms with van der Waals surface area (Å²) in [6.45, 7) is 6.72. The third kappa shape index (κ3) is 3.10. The Morgan fingerprint density at radius 2 is 1.75 bits per heavy atom. The second-order valence-electron chi connectivity index (χ2n) is 5.25. The number of aromatic amines is 1. The highest BCUT2D eigenvalue weighted by atomic mass is 19.1. The maximum absolute atomic E-state index is 13.2. The molecule has 0 atom stereocenters. The van der Waals surface area contributed by atoms with Crippen LogP contribution in [-0.2, 0) is 0 Å². The molecule has 4 rings (SSSR count). The molecular formula is C21H17FN2. The molecule has 2 heterocycles. The van der Waals surface area contributed by atoms with Crippen molar-refractivity contribution in [3.05, 3.63) is 91.9 Å². The number of allylic oxidation sites excluding steroid dienone is 2. The first kappa shape index (κ1) is 15.7. The number of rotatable bonds is 2. The van der Waals surface area contributed by atoms with Crippen molar-refractivity contribution < 1.29 is 4.39 Å². The molecule has 24 heavy (non-hydrogen) atoms. The van der Waals surface area contributed by atoms with Crippen molar-refractivity contribution in [2.75, 3.05) is 0 Å². The van der Waals surface area contributed by atoms with Crippen molar-refractivity contribution in [2.45, 2.75) is 0 Å². The van der Waals surface area contributed by atoms with E-state index < -0.39 is 0 Å². The highest BCUT2D eigenvalue weighted by molar-refractivity contribution is 5.95. The van der Waals surface area contributed by atoms with Gasteiger partial charge in [-0.15, -0.1) is 0 Å². The quantitative estimate of drug-likeness (QED) is 0.460. The average Bonchev–Trinajstić information content (AvgIpc) is 3.04. The van der Waals surface area contributed by atoms with Crippen LogP contribution in [0.25, 0.3) is 33.1 Å². The van der Waals surface area contributed by atoms with E-state index >= 15 is 0 Å². The summed E-state index contributed by atoms with van der Waals surface area (Å²) in [5, 5.41) is 2.09. The number of hydrogen-bond donors (Lipinski definition) is 1. The summed E-state index contributed by atoms with van der Waals surface area (Å²) in [6.07, 6.45) is 5.15. The molecule has 0 bridgehead atoms. The highest BCUT2D eigenvalue weighted by Gasteiger charge is 2.08. The minimum atomic E-state index is -0.239. The summed E-state index contributed by atoms with van der Waals surface area (Å²) < 4.78 is 13.2. The number of hydrogen-bond acceptors (Lipinski definition) is 1. The van der Waals surface area contributed by atoms with Gasteiger partial charge in [0.25, 0.3) is 0 Å². The minimum absolute atomic E-state index is 0.239. The number of para-hydroxylation sites is 1. The number of pyridine rings is 1. The third-order valence-electron chi connectivity index (χ3n) is 3.68. The highest BCUT2D eigenvalue weighted by Crippen LogP contribution is 2.28. The smallest absolute Gasteiger partial charge is 0.125 e. The Morgan fingerprint density at radius 1 is 0.958 bits per heavy atom. The standard InChI is InChI=1S/C17H11FN2.C4H6/c18-12-6-7-13-14(10-19-17(13)9-12)16-8-5-11-3-1-2-4-15(11)20-16;1-3-4-2/h1-10,19H;3-4H,1-2H2. The fourth-order valence-electron chi connectivity index (χ4n) is 2.53. The van der Waals surface area contributed by atoms with Gasteiger partial charge in [0.2, 0.25) is 0 Å². The molecule has 1 N–H and O–H groups in total. The van der Waals surface area contributed by atoms with Gasteiger partial charge in [-0.2, -0.15) is 0 Å². The van der Waals surface area contributed by atoms with Crippen LogP contribution in [0.2, 0.25) is 0 Å². The van der Waals surface area contributed by atoms with Gasteiger partial charge in [0.05, 0.1) is 11.2 Å². The maximum atomic E-state index is 13.2. The van der Waals surface area contributed by atoms with Crippen LogP contribution >= 0.6 is 0 Å². The van der Waals surface area contributed by atoms with Crippen molar-refractivity contribution in [1.82, 2.24) is 9.97 Å². The maximum Gasteiger partial charge on any atom is 0.125 e. The summed E-state index contributed by atoms with van der Waals surface area (Å²) in [5.74, 6) is -0.239. The first-order valence-electron chi connectivity index (χ1n) is 7.59. The predicted molar refractivity (Wildman–Crippen MR) is 99.4 cm³/mol. The van der Waals surface area contributed by atoms with E-state index in [-0.39, 0.29) is 5.82 Å². The monoisotopic (exact) mass is 316 g/mol. The van der Waals surface area contributed by atoms with Crippen LogP contribution in [0.15, 0.2) is 86.1 Å². The number of benzene rings is 2. The van der Waals surface area contributed by atoms with E-state index in [2.05, 4.69) is 29.2 Å². The van der Waals surface area contributed by atoms with E-state index in [9.17, 15) is 4.39 Å². The summed E-state index contributed by atoms with van der Waals surface area (Å²) >= 11 is 0. The zero-order valence-electron chi connectivity index (χ0n) is 13.2. The van der Waals surface area contributed by atoms with Crippen LogP contribution in [0.3, 0.4) is 0 Å². The van der Waals surface area contributed by atoms with E-state index in [4.69, 9.17) is 0 Å². The van der Waals surface area contributed by atoms with Crippen LogP contribution in [-0.4, -0.2) is 9.97 Å². The Balaban J connectivity index is 0.000000383. The zero-order chi connectivity index (χ0) is 16.9. The summed E-state index contributed by atoms with van der Waals surface area (Å²) in [6, 6.07) is 16.8. The van der Waals surface area contributed by atoms with Crippen LogP contribution in [0.4, 0.5) is 4.39 Å². The lowest BCUT2D eigenvalue weighted by atomic mass is 10.1. The SMILES string of the molecule is C=CC=C.Fc1ccc2c(-c3ccc4ccccc4n3)c[nH]c2c1. The normalized spacial score (nSPS) is 10.2. The number of nitrogens with zero attached hydrogens (tertiary/aromatic N) is 1. The lowest BCUT2D eigenvalue weighted by Gasteiger charge is -2.02. The van der Waals surface area contributed by atoms with Gasteiger partial charge in [0.1, 0.15) is 5.82 Å². The molecule has 0 radical (unpaired) electrons. The van der Waals surface area contributed by atoms with Crippen molar-refractivity contribution in [1.29, 1.82) is 0 Å². The third-order valence-corrected chi connectivity index (χ3v) is 3.68. The molecule has 0 spiro atoms. The first-order valence-corrected chi connectivity index (χ1v) is 7.59. The molecule has 0 aliphatic rings. The molecule has 0 amide bonds. The van der Waals surface area contributed by atoms with E-state index in [0.717, 1.165) is 33.1 Å². The zero-order valence-corrected chi connectivity index (χ0v) is 13.2. The molecule has 0 aliphatic carbocycles. The van der Waals surface area contributed by atoms with Crippen LogP contribution in [0.5, 0.6) is 0 Å². The average molecular weight is 316 g/mol. The van der Waals surface area contributed by atoms with Crippen LogP contribution in [0, 0.1) is 5.82 Å². The molecule has 0 saturated carbocycles. The predicted octanol–water partition coefficient (Wildman–Crippen LogP) is 5.88. The number of nitrogens with one attached hydrogen (secondary N) is 1. The number of H-pyrrole nitrogens is 1. The van der Waals surface area contributed by atoms with Crippen molar-refractivity contribution in [3.8, 4) is 11.3 Å². The molecule has 2 aromatic heterocycles. The molecule has 2 nitrogen and oxygen atoms in total. The molecule has 118 valence electrons. The molecular weight excluding hydrogens is 299 g/mol. The second kappa shape index (κ2) is 6.92. The van der Waals surface area contributed by atoms with Gasteiger partial charge in [-0.25, -0.2) is 9.37 Å². The Labute approximate surface area is 140 Å². The Bertz CT molecular complexity index is 1010. The summed E-state index contributed by atoms with van der Waals surface area (Å²) in [5.41, 5.74) is 3.63. The molecule has 3 heteroatoms. The molecule has 0 saturated heterocycles. The fraction of sp³-hybridized carbons (Fsp3) is 0. The van der Waals surface area contributed by atoms with Gasteiger partial charge in [-0.05, 0) is 30.3 Å². The number of fused-ring (bicyclic) bond motifs is 2. The molecule has 2 aromatic carbocycles. The Morgan fingerprint density at radius 3 is 2.54 bits per heavy atom. The van der Waals surface area contributed by atoms with E-state index in [1.54, 1.807) is 18.2 Å². The van der Waals surface area contributed by atoms with E-state index in [1.165, 1.54) is 12.1 Å². The van der Waals surface area contributed by atoms with Gasteiger partial charge in [0, 0.05) is 28.0 Å². The largest absolute Gasteiger partial charge is 0.360 e. The summed E-state index contributed by atoms with van der Waals surface area (Å²) in [4.78, 5) is 7.77. The second-order valence-corrected chi connectivity index (χ2v) is 5.25. The fourth-order valence-corrected chi connectivity index (χ4v) is 2.53. The van der Waals surface area contributed by atoms with Gasteiger partial charge in [-0.3, -0.25) is 0 Å². The molecule has 4 aromatic rings. The minimum Gasteiger partial charge on any atom is -0.360 e. The molecule has 0 aliphatic heterocycles. The molecule has 0 unspecified atom stereocenters. The lowest BCUT2D eigenvalue weighted by Crippen LogP contribution is -1.84. The van der Waals surface area contributed by atoms with Gasteiger partial charge >= 0.3 is 0 Å². The Hall–Kier alpha value is -3.20. The van der Waals surface area contributed by atoms with Gasteiger partial charge in [0.15, 0.2) is 0 Å².